The van der Waals surface area contributed by atoms with E-state index >= 15 is 0 Å². The molecule has 23 heavy (non-hydrogen) atoms. The second kappa shape index (κ2) is 6.69. The number of halogens is 1. The van der Waals surface area contributed by atoms with Crippen LogP contribution in [0, 0.1) is 11.3 Å². The van der Waals surface area contributed by atoms with E-state index in [0.717, 1.165) is 5.56 Å². The molecule has 0 saturated heterocycles. The van der Waals surface area contributed by atoms with E-state index in [0.29, 0.717) is 20.6 Å². The summed E-state index contributed by atoms with van der Waals surface area (Å²) in [5.74, 6) is -1.24. The lowest BCUT2D eigenvalue weighted by Crippen LogP contribution is -2.11. The van der Waals surface area contributed by atoms with Gasteiger partial charge in [0.25, 0.3) is 0 Å². The van der Waals surface area contributed by atoms with Gasteiger partial charge in [0.15, 0.2) is 11.7 Å². The first-order chi connectivity index (χ1) is 11.2. The summed E-state index contributed by atoms with van der Waals surface area (Å²) in [6, 6.07) is 14.5. The van der Waals surface area contributed by atoms with E-state index in [-0.39, 0.29) is 5.78 Å². The Hall–Kier alpha value is -2.55. The van der Waals surface area contributed by atoms with Crippen molar-refractivity contribution in [1.29, 1.82) is 5.26 Å². The van der Waals surface area contributed by atoms with Crippen LogP contribution in [0.3, 0.4) is 0 Å². The smallest absolute Gasteiger partial charge is 0.197 e. The van der Waals surface area contributed by atoms with Gasteiger partial charge < -0.3 is 0 Å². The number of nitrogens with zero attached hydrogens (tertiary/aromatic N) is 3. The Morgan fingerprint density at radius 3 is 2.65 bits per heavy atom. The molecule has 0 bridgehead atoms. The molecule has 0 saturated carbocycles. The molecule has 0 N–H and O–H groups in total. The largest absolute Gasteiger partial charge is 0.291 e. The van der Waals surface area contributed by atoms with Crippen molar-refractivity contribution in [2.45, 2.75) is 5.92 Å². The van der Waals surface area contributed by atoms with Crippen LogP contribution in [0.1, 0.15) is 21.3 Å². The number of pyridine rings is 1. The Morgan fingerprint density at radius 2 is 1.96 bits per heavy atom. The third kappa shape index (κ3) is 3.14. The van der Waals surface area contributed by atoms with E-state index in [1.165, 1.54) is 17.5 Å². The molecule has 0 radical (unpaired) electrons. The molecule has 0 amide bonds. The molecule has 0 aliphatic heterocycles. The van der Waals surface area contributed by atoms with Crippen molar-refractivity contribution >= 4 is 28.7 Å². The Morgan fingerprint density at radius 1 is 1.17 bits per heavy atom. The number of rotatable bonds is 4. The highest BCUT2D eigenvalue weighted by atomic mass is 35.5. The van der Waals surface area contributed by atoms with Crippen molar-refractivity contribution in [3.63, 3.8) is 0 Å². The second-order valence-corrected chi connectivity index (χ2v) is 6.13. The summed E-state index contributed by atoms with van der Waals surface area (Å²) in [6.07, 6.45) is 3.05. The zero-order chi connectivity index (χ0) is 16.2. The van der Waals surface area contributed by atoms with Crippen molar-refractivity contribution in [2.24, 2.45) is 0 Å². The minimum absolute atomic E-state index is 0.304. The maximum Gasteiger partial charge on any atom is 0.197 e. The number of carbonyl (C=O) groups excluding carboxylic acids is 1. The van der Waals surface area contributed by atoms with Gasteiger partial charge in [0.2, 0.25) is 0 Å². The van der Waals surface area contributed by atoms with E-state index in [9.17, 15) is 10.1 Å². The number of hydrogen-bond acceptors (Lipinski definition) is 5. The molecule has 0 fully saturated rings. The third-order valence-corrected chi connectivity index (χ3v) is 4.60. The number of nitriles is 1. The number of thiazole rings is 1. The van der Waals surface area contributed by atoms with Crippen LogP contribution in [0.25, 0.3) is 10.6 Å². The molecule has 0 aliphatic carbocycles. The molecule has 3 rings (SSSR count). The van der Waals surface area contributed by atoms with E-state index in [2.05, 4.69) is 9.97 Å². The molecule has 0 spiro atoms. The van der Waals surface area contributed by atoms with Crippen LogP contribution in [-0.2, 0) is 0 Å². The fourth-order valence-corrected chi connectivity index (χ4v) is 3.30. The molecule has 0 aliphatic rings. The highest BCUT2D eigenvalue weighted by molar-refractivity contribution is 7.17. The zero-order valence-corrected chi connectivity index (χ0v) is 13.4. The van der Waals surface area contributed by atoms with Crippen molar-refractivity contribution in [3.8, 4) is 16.6 Å². The van der Waals surface area contributed by atoms with Gasteiger partial charge in [-0.05, 0) is 18.2 Å². The predicted molar refractivity (Wildman–Crippen MR) is 89.5 cm³/mol. The molecule has 3 aromatic rings. The van der Waals surface area contributed by atoms with Gasteiger partial charge in [0, 0.05) is 18.0 Å². The number of ketones is 1. The van der Waals surface area contributed by atoms with Gasteiger partial charge >= 0.3 is 0 Å². The molecular weight excluding hydrogens is 330 g/mol. The van der Waals surface area contributed by atoms with E-state index < -0.39 is 5.92 Å². The summed E-state index contributed by atoms with van der Waals surface area (Å²) in [6.45, 7) is 0. The molecule has 0 unspecified atom stereocenters. The highest BCUT2D eigenvalue weighted by Gasteiger charge is 2.25. The van der Waals surface area contributed by atoms with Crippen molar-refractivity contribution in [2.75, 3.05) is 0 Å². The fraction of sp³-hybridized carbons (Fsp3) is 0.0588. The van der Waals surface area contributed by atoms with Gasteiger partial charge in [-0.15, -0.1) is 11.3 Å². The summed E-state index contributed by atoms with van der Waals surface area (Å²) in [5, 5.41) is 10.6. The Kier molecular flexibility index (Phi) is 4.47. The third-order valence-electron chi connectivity index (χ3n) is 3.23. The number of benzene rings is 1. The number of Topliss-reactive ketones (excluding diaryl/α,β-unsaturated/α-hetero) is 1. The topological polar surface area (TPSA) is 66.6 Å². The second-order valence-electron chi connectivity index (χ2n) is 4.69. The van der Waals surface area contributed by atoms with Crippen molar-refractivity contribution in [1.82, 2.24) is 9.97 Å². The summed E-state index contributed by atoms with van der Waals surface area (Å²) >= 11 is 7.38. The van der Waals surface area contributed by atoms with E-state index in [1.54, 1.807) is 30.5 Å². The lowest BCUT2D eigenvalue weighted by atomic mass is 10.0. The monoisotopic (exact) mass is 339 g/mol. The van der Waals surface area contributed by atoms with Crippen LogP contribution in [-0.4, -0.2) is 15.8 Å². The van der Waals surface area contributed by atoms with Gasteiger partial charge in [-0.3, -0.25) is 9.78 Å². The average Bonchev–Trinajstić information content (AvgIpc) is 3.06. The van der Waals surface area contributed by atoms with Crippen LogP contribution < -0.4 is 0 Å². The predicted octanol–water partition coefficient (Wildman–Crippen LogP) is 4.35. The summed E-state index contributed by atoms with van der Waals surface area (Å²) in [4.78, 5) is 21.4. The van der Waals surface area contributed by atoms with Gasteiger partial charge in [0.05, 0.1) is 21.7 Å². The fourth-order valence-electron chi connectivity index (χ4n) is 2.10. The van der Waals surface area contributed by atoms with Crippen molar-refractivity contribution < 1.29 is 4.79 Å². The Bertz CT molecular complexity index is 886. The molecule has 1 aromatic carbocycles. The van der Waals surface area contributed by atoms with E-state index in [1.807, 2.05) is 24.3 Å². The average molecular weight is 340 g/mol. The quantitative estimate of drug-likeness (QED) is 0.663. The van der Waals surface area contributed by atoms with Gasteiger partial charge in [-0.1, -0.05) is 35.9 Å². The molecule has 2 aromatic heterocycles. The zero-order valence-electron chi connectivity index (χ0n) is 11.8. The summed E-state index contributed by atoms with van der Waals surface area (Å²) < 4.78 is 0. The van der Waals surface area contributed by atoms with Crippen LogP contribution in [0.2, 0.25) is 5.02 Å². The standard InChI is InChI=1S/C17H10ClN3OS/c18-13-6-2-1-5-11(13)17-21-10-15(23-17)16(22)12(9-19)14-7-3-4-8-20-14/h1-8,10,12H/t12-/m1/s1. The van der Waals surface area contributed by atoms with Crippen LogP contribution in [0.15, 0.2) is 54.9 Å². The highest BCUT2D eigenvalue weighted by Crippen LogP contribution is 2.32. The maximum absolute atomic E-state index is 12.6. The van der Waals surface area contributed by atoms with Crippen LogP contribution in [0.5, 0.6) is 0 Å². The van der Waals surface area contributed by atoms with Crippen LogP contribution in [0.4, 0.5) is 0 Å². The lowest BCUT2D eigenvalue weighted by Gasteiger charge is -2.05. The van der Waals surface area contributed by atoms with E-state index in [4.69, 9.17) is 11.6 Å². The first-order valence-electron chi connectivity index (χ1n) is 6.76. The van der Waals surface area contributed by atoms with Gasteiger partial charge in [0.1, 0.15) is 5.01 Å². The Labute approximate surface area is 142 Å². The maximum atomic E-state index is 12.6. The molecule has 1 atom stereocenters. The molecule has 112 valence electrons. The van der Waals surface area contributed by atoms with Crippen LogP contribution >= 0.6 is 22.9 Å². The minimum Gasteiger partial charge on any atom is -0.291 e. The number of hydrogen-bond donors (Lipinski definition) is 0. The molecule has 4 nitrogen and oxygen atoms in total. The minimum atomic E-state index is -0.934. The Balaban J connectivity index is 1.93. The molecular formula is C17H10ClN3OS. The first-order valence-corrected chi connectivity index (χ1v) is 7.95. The van der Waals surface area contributed by atoms with Gasteiger partial charge in [-0.25, -0.2) is 4.98 Å². The molecule has 6 heteroatoms. The number of carbonyl (C=O) groups is 1. The summed E-state index contributed by atoms with van der Waals surface area (Å²) in [5.41, 5.74) is 1.21. The normalized spacial score (nSPS) is 11.7. The van der Waals surface area contributed by atoms with Crippen molar-refractivity contribution in [3.05, 3.63) is 70.5 Å². The lowest BCUT2D eigenvalue weighted by molar-refractivity contribution is 0.0981. The molecule has 2 heterocycles. The van der Waals surface area contributed by atoms with Gasteiger partial charge in [-0.2, -0.15) is 5.26 Å². The first kappa shape index (κ1) is 15.3. The summed E-state index contributed by atoms with van der Waals surface area (Å²) in [7, 11) is 0. The SMILES string of the molecule is N#C[C@@H](C(=O)c1cnc(-c2ccccc2Cl)s1)c1ccccn1. The number of aromatic nitrogens is 2.